The molecule has 0 bridgehead atoms. The molecular formula is C42H75N3O16. The fraction of sp³-hybridized carbons (Fsp3) is 0.929. The number of carbonyl (C=O) groups excluding carboxylic acids is 3. The maximum absolute atomic E-state index is 13.9. The Labute approximate surface area is 357 Å². The number of nitrogens with zero attached hydrogens (tertiary/aromatic N) is 1. The molecule has 0 aliphatic heterocycles. The van der Waals surface area contributed by atoms with Gasteiger partial charge < -0.3 is 81.9 Å². The van der Waals surface area contributed by atoms with Crippen molar-refractivity contribution in [3.8, 4) is 0 Å². The van der Waals surface area contributed by atoms with Crippen molar-refractivity contribution >= 4 is 17.7 Å². The van der Waals surface area contributed by atoms with Crippen LogP contribution in [-0.4, -0.2) is 196 Å². The zero-order valence-electron chi connectivity index (χ0n) is 35.8. The molecular weight excluding hydrogens is 802 g/mol. The van der Waals surface area contributed by atoms with Gasteiger partial charge >= 0.3 is 0 Å². The van der Waals surface area contributed by atoms with E-state index in [1.807, 2.05) is 0 Å². The van der Waals surface area contributed by atoms with Gasteiger partial charge in [-0.05, 0) is 111 Å². The first-order chi connectivity index (χ1) is 28.6. The number of carbonyl (C=O) groups is 3. The molecule has 4 fully saturated rings. The Balaban J connectivity index is 1.37. The van der Waals surface area contributed by atoms with Crippen molar-refractivity contribution in [3.63, 3.8) is 0 Å². The third kappa shape index (κ3) is 11.4. The van der Waals surface area contributed by atoms with Crippen LogP contribution < -0.4 is 10.6 Å². The number of hydrogen-bond donors (Lipinski definition) is 15. The zero-order valence-corrected chi connectivity index (χ0v) is 35.8. The van der Waals surface area contributed by atoms with E-state index < -0.39 is 91.5 Å². The minimum Gasteiger partial charge on any atom is -0.394 e. The summed E-state index contributed by atoms with van der Waals surface area (Å²) < 4.78 is 0. The summed E-state index contributed by atoms with van der Waals surface area (Å²) in [7, 11) is 0. The van der Waals surface area contributed by atoms with E-state index in [0.717, 1.165) is 25.7 Å². The predicted molar refractivity (Wildman–Crippen MR) is 216 cm³/mol. The van der Waals surface area contributed by atoms with E-state index >= 15 is 0 Å². The van der Waals surface area contributed by atoms with Gasteiger partial charge in [-0.25, -0.2) is 0 Å². The second kappa shape index (κ2) is 22.2. The first kappa shape index (κ1) is 51.5. The van der Waals surface area contributed by atoms with Crippen LogP contribution in [0.2, 0.25) is 0 Å². The Morgan fingerprint density at radius 3 is 1.74 bits per heavy atom. The van der Waals surface area contributed by atoms with Crippen molar-refractivity contribution < 1.29 is 80.8 Å². The Morgan fingerprint density at radius 1 is 0.705 bits per heavy atom. The van der Waals surface area contributed by atoms with Crippen molar-refractivity contribution in [3.05, 3.63) is 0 Å². The van der Waals surface area contributed by atoms with Gasteiger partial charge in [0.1, 0.15) is 36.6 Å². The number of fused-ring (bicyclic) bond motifs is 5. The minimum atomic E-state index is -2.13. The van der Waals surface area contributed by atoms with E-state index in [1.54, 1.807) is 0 Å². The number of amides is 3. The Bertz CT molecular complexity index is 1380. The smallest absolute Gasteiger partial charge is 0.251 e. The van der Waals surface area contributed by atoms with Gasteiger partial charge in [0.15, 0.2) is 12.2 Å². The SMILES string of the molecule is C[C@H](CCC(=O)N(CCCNC(=O)[C@H](O)[C@@H](O)[C@H](O)[C@H](O)CO)CCCNC(=O)[C@H](O)[C@@H](O)[C@H](O)[C@H](O)CO)[C@H]1CC[C@H]2[C@@H]3[C@H](O)C[C@@H]4C[C@H](O)CC[C@]4(C)[C@H]3C[C@H](O)[C@]12C. The maximum atomic E-state index is 13.9. The molecule has 0 unspecified atom stereocenters. The summed E-state index contributed by atoms with van der Waals surface area (Å²) >= 11 is 0. The number of nitrogens with one attached hydrogen (secondary N) is 2. The van der Waals surface area contributed by atoms with E-state index in [4.69, 9.17) is 10.2 Å². The van der Waals surface area contributed by atoms with Crippen LogP contribution in [0.1, 0.15) is 91.4 Å². The van der Waals surface area contributed by atoms with Crippen LogP contribution in [0.5, 0.6) is 0 Å². The van der Waals surface area contributed by atoms with Crippen molar-refractivity contribution in [2.24, 2.45) is 46.3 Å². The van der Waals surface area contributed by atoms with Crippen molar-refractivity contribution in [1.29, 1.82) is 0 Å². The Morgan fingerprint density at radius 2 is 1.23 bits per heavy atom. The molecule has 0 aromatic heterocycles. The summed E-state index contributed by atoms with van der Waals surface area (Å²) in [5.41, 5.74) is -0.524. The standard InChI is InChI=1S/C42H75N3O16/c1-21(24-7-8-25-32-26(18-30(52)42(24,25)3)41(2)11-10-23(48)16-22(41)17-27(32)49)6-9-31(53)45(14-4-12-43-39(60)37(58)35(56)33(54)28(50)19-46)15-5-13-44-40(61)38(59)36(57)34(55)29(51)20-47/h21-30,32-38,46-52,54-59H,4-20H2,1-3H3,(H,43,60)(H,44,61)/t21-,22+,23-,24-,25+,26+,27-,28-,29-,30+,32+,33-,34-,35+,36+,37-,38-,41+,42-/m1/s1. The molecule has 0 radical (unpaired) electrons. The molecule has 3 amide bonds. The summed E-state index contributed by atoms with van der Waals surface area (Å²) in [6.45, 7) is 4.76. The summed E-state index contributed by atoms with van der Waals surface area (Å²) in [6, 6.07) is 0. The zero-order chi connectivity index (χ0) is 45.6. The average molecular weight is 878 g/mol. The molecule has 4 saturated carbocycles. The molecule has 19 nitrogen and oxygen atoms in total. The minimum absolute atomic E-state index is 0.0275. The van der Waals surface area contributed by atoms with Crippen molar-refractivity contribution in [2.75, 3.05) is 39.4 Å². The Hall–Kier alpha value is -2.11. The van der Waals surface area contributed by atoms with Crippen LogP contribution in [0.4, 0.5) is 0 Å². The molecule has 0 aromatic carbocycles. The monoisotopic (exact) mass is 878 g/mol. The van der Waals surface area contributed by atoms with Crippen molar-refractivity contribution in [1.82, 2.24) is 15.5 Å². The van der Waals surface area contributed by atoms with Crippen LogP contribution in [-0.2, 0) is 14.4 Å². The van der Waals surface area contributed by atoms with Gasteiger partial charge in [0.05, 0.1) is 31.5 Å². The molecule has 4 aliphatic carbocycles. The van der Waals surface area contributed by atoms with Gasteiger partial charge in [-0.15, -0.1) is 0 Å². The van der Waals surface area contributed by atoms with Crippen LogP contribution in [0.15, 0.2) is 0 Å². The van der Waals surface area contributed by atoms with Gasteiger partial charge in [-0.2, -0.15) is 0 Å². The lowest BCUT2D eigenvalue weighted by atomic mass is 9.43. The molecule has 19 atom stereocenters. The third-order valence-electron chi connectivity index (χ3n) is 15.5. The maximum Gasteiger partial charge on any atom is 0.251 e. The van der Waals surface area contributed by atoms with E-state index in [1.165, 1.54) is 4.90 Å². The number of aliphatic hydroxyl groups is 13. The van der Waals surface area contributed by atoms with E-state index in [2.05, 4.69) is 31.4 Å². The molecule has 0 aromatic rings. The molecule has 4 rings (SSSR count). The highest BCUT2D eigenvalue weighted by Crippen LogP contribution is 2.68. The highest BCUT2D eigenvalue weighted by atomic mass is 16.4. The second-order valence-corrected chi connectivity index (χ2v) is 19.1. The summed E-state index contributed by atoms with van der Waals surface area (Å²) in [5, 5.41) is 136. The number of aliphatic hydroxyl groups excluding tert-OH is 13. The summed E-state index contributed by atoms with van der Waals surface area (Å²) in [4.78, 5) is 40.3. The topological polar surface area (TPSA) is 342 Å². The Kier molecular flexibility index (Phi) is 18.7. The predicted octanol–water partition coefficient (Wildman–Crippen LogP) is -3.92. The van der Waals surface area contributed by atoms with E-state index in [9.17, 15) is 70.6 Å². The van der Waals surface area contributed by atoms with Gasteiger partial charge in [-0.1, -0.05) is 20.8 Å². The summed E-state index contributed by atoms with van der Waals surface area (Å²) in [6.07, 6.45) is -11.3. The third-order valence-corrected chi connectivity index (χ3v) is 15.5. The van der Waals surface area contributed by atoms with E-state index in [-0.39, 0.29) is 98.4 Å². The normalized spacial score (nSPS) is 35.5. The lowest BCUT2D eigenvalue weighted by Crippen LogP contribution is -2.62. The molecule has 61 heavy (non-hydrogen) atoms. The highest BCUT2D eigenvalue weighted by molar-refractivity contribution is 5.81. The first-order valence-electron chi connectivity index (χ1n) is 22.2. The average Bonchev–Trinajstić information content (AvgIpc) is 3.61. The second-order valence-electron chi connectivity index (χ2n) is 19.1. The van der Waals surface area contributed by atoms with Crippen LogP contribution in [0.25, 0.3) is 0 Å². The quantitative estimate of drug-likeness (QED) is 0.0462. The number of hydrogen-bond acceptors (Lipinski definition) is 16. The fourth-order valence-corrected chi connectivity index (χ4v) is 11.7. The molecule has 0 saturated heterocycles. The van der Waals surface area contributed by atoms with Crippen LogP contribution in [0, 0.1) is 46.3 Å². The van der Waals surface area contributed by atoms with Gasteiger partial charge in [0, 0.05) is 32.6 Å². The van der Waals surface area contributed by atoms with Crippen molar-refractivity contribution in [2.45, 2.75) is 159 Å². The summed E-state index contributed by atoms with van der Waals surface area (Å²) in [5.74, 6) is -1.73. The number of rotatable bonds is 22. The first-order valence-corrected chi connectivity index (χ1v) is 22.2. The largest absolute Gasteiger partial charge is 0.394 e. The lowest BCUT2D eigenvalue weighted by molar-refractivity contribution is -0.207. The molecule has 19 heteroatoms. The van der Waals surface area contributed by atoms with Gasteiger partial charge in [0.2, 0.25) is 5.91 Å². The molecule has 15 N–H and O–H groups in total. The lowest BCUT2D eigenvalue weighted by Gasteiger charge is -2.63. The van der Waals surface area contributed by atoms with Gasteiger partial charge in [0.25, 0.3) is 11.8 Å². The molecule has 0 heterocycles. The van der Waals surface area contributed by atoms with Crippen LogP contribution >= 0.6 is 0 Å². The molecule has 354 valence electrons. The molecule has 0 spiro atoms. The van der Waals surface area contributed by atoms with Crippen LogP contribution in [0.3, 0.4) is 0 Å². The van der Waals surface area contributed by atoms with Gasteiger partial charge in [-0.3, -0.25) is 14.4 Å². The highest BCUT2D eigenvalue weighted by Gasteiger charge is 2.65. The fourth-order valence-electron chi connectivity index (χ4n) is 11.7. The van der Waals surface area contributed by atoms with E-state index in [0.29, 0.717) is 25.7 Å². The molecule has 4 aliphatic rings.